The number of allylic oxidation sites excluding steroid dienone is 2. The lowest BCUT2D eigenvalue weighted by molar-refractivity contribution is 0.0943. The van der Waals surface area contributed by atoms with E-state index in [1.54, 1.807) is 30.3 Å². The van der Waals surface area contributed by atoms with Crippen molar-refractivity contribution >= 4 is 28.9 Å². The molecule has 0 amide bonds. The van der Waals surface area contributed by atoms with E-state index in [0.29, 0.717) is 11.4 Å². The predicted octanol–water partition coefficient (Wildman–Crippen LogP) is 4.30. The largest absolute Gasteiger partial charge is 0.449 e. The molecule has 0 fully saturated rings. The van der Waals surface area contributed by atoms with E-state index in [0.717, 1.165) is 5.56 Å². The fourth-order valence-electron chi connectivity index (χ4n) is 2.66. The zero-order valence-corrected chi connectivity index (χ0v) is 14.1. The number of halogens is 1. The summed E-state index contributed by atoms with van der Waals surface area (Å²) >= 11 is 6.13. The smallest absolute Gasteiger partial charge is 0.230 e. The molecule has 2 aromatic rings. The number of benzene rings is 2. The fraction of sp³-hybridized carbons (Fsp3) is 0.158. The van der Waals surface area contributed by atoms with Crippen molar-refractivity contribution in [1.82, 2.24) is 0 Å². The maximum atomic E-state index is 12.7. The van der Waals surface area contributed by atoms with E-state index in [1.165, 1.54) is 0 Å². The van der Waals surface area contributed by atoms with Crippen LogP contribution in [0.4, 0.5) is 5.69 Å². The summed E-state index contributed by atoms with van der Waals surface area (Å²) < 4.78 is 5.78. The molecule has 0 saturated carbocycles. The minimum atomic E-state index is -0.428. The predicted molar refractivity (Wildman–Crippen MR) is 93.6 cm³/mol. The van der Waals surface area contributed by atoms with Gasteiger partial charge in [0.1, 0.15) is 5.03 Å². The Kier molecular flexibility index (Phi) is 4.16. The van der Waals surface area contributed by atoms with Crippen LogP contribution in [0.5, 0.6) is 5.75 Å². The summed E-state index contributed by atoms with van der Waals surface area (Å²) in [6.07, 6.45) is 0. The second-order valence-electron chi connectivity index (χ2n) is 5.87. The second kappa shape index (κ2) is 6.13. The standard InChI is InChI=1S/C19H16ClNO3/c1-10(2)11-8-5-9-14(21)18(11)24-19-15(20)16(22)12-6-3-4-7-13(12)17(19)23/h3-10H,21H2,1-2H3. The monoisotopic (exact) mass is 341 g/mol. The van der Waals surface area contributed by atoms with Crippen LogP contribution in [0.15, 0.2) is 53.3 Å². The van der Waals surface area contributed by atoms with Crippen LogP contribution in [-0.4, -0.2) is 11.6 Å². The Balaban J connectivity index is 2.10. The number of carbonyl (C=O) groups excluding carboxylic acids is 2. The highest BCUT2D eigenvalue weighted by atomic mass is 35.5. The Hall–Kier alpha value is -2.59. The molecule has 1 aliphatic carbocycles. The van der Waals surface area contributed by atoms with Crippen molar-refractivity contribution in [2.75, 3.05) is 5.73 Å². The van der Waals surface area contributed by atoms with Crippen LogP contribution in [-0.2, 0) is 0 Å². The van der Waals surface area contributed by atoms with Crippen molar-refractivity contribution in [3.63, 3.8) is 0 Å². The quantitative estimate of drug-likeness (QED) is 0.845. The van der Waals surface area contributed by atoms with Crippen LogP contribution < -0.4 is 10.5 Å². The van der Waals surface area contributed by atoms with E-state index in [1.807, 2.05) is 26.0 Å². The molecule has 5 heteroatoms. The Morgan fingerprint density at radius 3 is 2.21 bits per heavy atom. The third-order valence-electron chi connectivity index (χ3n) is 3.92. The number of hydrogen-bond donors (Lipinski definition) is 1. The number of carbonyl (C=O) groups is 2. The first-order chi connectivity index (χ1) is 11.4. The highest BCUT2D eigenvalue weighted by molar-refractivity contribution is 6.49. The first kappa shape index (κ1) is 16.3. The Labute approximate surface area is 144 Å². The van der Waals surface area contributed by atoms with Gasteiger partial charge in [-0.15, -0.1) is 0 Å². The van der Waals surface area contributed by atoms with Crippen LogP contribution >= 0.6 is 11.6 Å². The van der Waals surface area contributed by atoms with Crippen molar-refractivity contribution in [3.05, 3.63) is 69.9 Å². The van der Waals surface area contributed by atoms with E-state index in [4.69, 9.17) is 22.1 Å². The summed E-state index contributed by atoms with van der Waals surface area (Å²) in [5.74, 6) is -0.540. The molecule has 2 aromatic carbocycles. The van der Waals surface area contributed by atoms with Gasteiger partial charge in [0.25, 0.3) is 0 Å². The molecule has 0 radical (unpaired) electrons. The highest BCUT2D eigenvalue weighted by Gasteiger charge is 2.33. The molecule has 1 aliphatic rings. The Morgan fingerprint density at radius 1 is 0.958 bits per heavy atom. The van der Waals surface area contributed by atoms with Crippen molar-refractivity contribution < 1.29 is 14.3 Å². The molecule has 0 bridgehead atoms. The molecular formula is C19H16ClNO3. The van der Waals surface area contributed by atoms with Gasteiger partial charge in [0.05, 0.1) is 5.69 Å². The Bertz CT molecular complexity index is 884. The zero-order chi connectivity index (χ0) is 17.4. The maximum absolute atomic E-state index is 12.7. The second-order valence-corrected chi connectivity index (χ2v) is 6.25. The van der Waals surface area contributed by atoms with Crippen molar-refractivity contribution in [3.8, 4) is 5.75 Å². The maximum Gasteiger partial charge on any atom is 0.230 e. The van der Waals surface area contributed by atoms with Gasteiger partial charge in [-0.05, 0) is 17.5 Å². The van der Waals surface area contributed by atoms with E-state index >= 15 is 0 Å². The molecule has 0 aliphatic heterocycles. The molecule has 0 saturated heterocycles. The molecule has 3 rings (SSSR count). The molecule has 0 heterocycles. The van der Waals surface area contributed by atoms with E-state index in [9.17, 15) is 9.59 Å². The number of anilines is 1. The molecule has 122 valence electrons. The van der Waals surface area contributed by atoms with Gasteiger partial charge in [-0.1, -0.05) is 61.8 Å². The number of nitrogens with two attached hydrogens (primary N) is 1. The molecule has 2 N–H and O–H groups in total. The summed E-state index contributed by atoms with van der Waals surface area (Å²) in [7, 11) is 0. The van der Waals surface area contributed by atoms with E-state index < -0.39 is 11.6 Å². The van der Waals surface area contributed by atoms with Gasteiger partial charge in [-0.25, -0.2) is 0 Å². The van der Waals surface area contributed by atoms with Crippen LogP contribution in [0.2, 0.25) is 0 Å². The number of fused-ring (bicyclic) bond motifs is 1. The van der Waals surface area contributed by atoms with E-state index in [2.05, 4.69) is 0 Å². The topological polar surface area (TPSA) is 69.4 Å². The van der Waals surface area contributed by atoms with Gasteiger partial charge >= 0.3 is 0 Å². The molecule has 0 spiro atoms. The summed E-state index contributed by atoms with van der Waals surface area (Å²) in [5, 5.41) is -0.225. The summed E-state index contributed by atoms with van der Waals surface area (Å²) in [6, 6.07) is 11.9. The SMILES string of the molecule is CC(C)c1cccc(N)c1OC1=C(Cl)C(=O)c2ccccc2C1=O. The minimum Gasteiger partial charge on any atom is -0.449 e. The fourth-order valence-corrected chi connectivity index (χ4v) is 2.89. The van der Waals surface area contributed by atoms with Crippen molar-refractivity contribution in [2.45, 2.75) is 19.8 Å². The first-order valence-electron chi connectivity index (χ1n) is 7.56. The summed E-state index contributed by atoms with van der Waals surface area (Å²) in [5.41, 5.74) is 7.80. The van der Waals surface area contributed by atoms with Gasteiger partial charge in [0, 0.05) is 11.1 Å². The third kappa shape index (κ3) is 2.59. The molecule has 24 heavy (non-hydrogen) atoms. The highest BCUT2D eigenvalue weighted by Crippen LogP contribution is 2.36. The normalized spacial score (nSPS) is 14.2. The molecule has 0 unspecified atom stereocenters. The number of ether oxygens (including phenoxy) is 1. The third-order valence-corrected chi connectivity index (χ3v) is 4.27. The van der Waals surface area contributed by atoms with Crippen molar-refractivity contribution in [1.29, 1.82) is 0 Å². The number of ketones is 2. The lowest BCUT2D eigenvalue weighted by atomic mass is 9.93. The van der Waals surface area contributed by atoms with Gasteiger partial charge in [0.2, 0.25) is 11.6 Å². The first-order valence-corrected chi connectivity index (χ1v) is 7.94. The van der Waals surface area contributed by atoms with Gasteiger partial charge < -0.3 is 10.5 Å². The Morgan fingerprint density at radius 2 is 1.58 bits per heavy atom. The lowest BCUT2D eigenvalue weighted by Gasteiger charge is -2.21. The zero-order valence-electron chi connectivity index (χ0n) is 13.3. The molecule has 0 aromatic heterocycles. The number of hydrogen-bond acceptors (Lipinski definition) is 4. The van der Waals surface area contributed by atoms with Gasteiger partial charge in [-0.3, -0.25) is 9.59 Å². The molecule has 0 atom stereocenters. The van der Waals surface area contributed by atoms with Crippen molar-refractivity contribution in [2.24, 2.45) is 0 Å². The van der Waals surface area contributed by atoms with Crippen LogP contribution in [0, 0.1) is 0 Å². The van der Waals surface area contributed by atoms with Gasteiger partial charge in [-0.2, -0.15) is 0 Å². The van der Waals surface area contributed by atoms with E-state index in [-0.39, 0.29) is 27.8 Å². The minimum absolute atomic E-state index is 0.129. The molecule has 4 nitrogen and oxygen atoms in total. The number of rotatable bonds is 3. The number of Topliss-reactive ketones (excluding diaryl/α,β-unsaturated/α-hetero) is 2. The average molecular weight is 342 g/mol. The summed E-state index contributed by atoms with van der Waals surface area (Å²) in [4.78, 5) is 25.1. The molecular weight excluding hydrogens is 326 g/mol. The number of para-hydroxylation sites is 1. The van der Waals surface area contributed by atoms with Crippen LogP contribution in [0.25, 0.3) is 0 Å². The lowest BCUT2D eigenvalue weighted by Crippen LogP contribution is -2.23. The van der Waals surface area contributed by atoms with Gasteiger partial charge in [0.15, 0.2) is 11.5 Å². The van der Waals surface area contributed by atoms with Crippen LogP contribution in [0.1, 0.15) is 46.0 Å². The summed E-state index contributed by atoms with van der Waals surface area (Å²) in [6.45, 7) is 3.97. The van der Waals surface area contributed by atoms with Crippen LogP contribution in [0.3, 0.4) is 0 Å². The number of nitrogen functional groups attached to an aromatic ring is 1. The average Bonchev–Trinajstić information content (AvgIpc) is 2.57.